The molecule has 0 spiro atoms. The fraction of sp³-hybridized carbons (Fsp3) is 0.278. The van der Waals surface area contributed by atoms with E-state index in [2.05, 4.69) is 9.97 Å². The number of rotatable bonds is 5. The van der Waals surface area contributed by atoms with Gasteiger partial charge >= 0.3 is 5.97 Å². The van der Waals surface area contributed by atoms with E-state index in [1.165, 1.54) is 18.4 Å². The Labute approximate surface area is 159 Å². The quantitative estimate of drug-likeness (QED) is 0.675. The maximum Gasteiger partial charge on any atom is 0.348 e. The summed E-state index contributed by atoms with van der Waals surface area (Å²) in [6.45, 7) is 2.89. The van der Waals surface area contributed by atoms with Gasteiger partial charge < -0.3 is 9.72 Å². The molecule has 3 aromatic rings. The number of carbonyl (C=O) groups excluding carboxylic acids is 1. The summed E-state index contributed by atoms with van der Waals surface area (Å²) in [7, 11) is 3.26. The molecule has 6 nitrogen and oxygen atoms in total. The normalized spacial score (nSPS) is 11.3. The lowest BCUT2D eigenvalue weighted by Gasteiger charge is -2.16. The number of hydrogen-bond donors (Lipinski definition) is 1. The second kappa shape index (κ2) is 7.57. The van der Waals surface area contributed by atoms with E-state index in [-0.39, 0.29) is 5.56 Å². The standard InChI is InChI=1S/C18H18ClN3O3S/c1-10-14-16(23)20-13(21-17(14)26-15(10)18(24)25-3)9-22(2)8-11-4-6-12(19)7-5-11/h4-7H,8-9H2,1-3H3,(H,20,21,23). The van der Waals surface area contributed by atoms with E-state index in [0.29, 0.717) is 44.6 Å². The van der Waals surface area contributed by atoms with Crippen LogP contribution >= 0.6 is 22.9 Å². The Morgan fingerprint density at radius 1 is 1.31 bits per heavy atom. The number of nitrogens with zero attached hydrogens (tertiary/aromatic N) is 2. The van der Waals surface area contributed by atoms with Gasteiger partial charge in [-0.3, -0.25) is 9.69 Å². The highest BCUT2D eigenvalue weighted by Crippen LogP contribution is 2.27. The smallest absolute Gasteiger partial charge is 0.348 e. The number of esters is 1. The number of H-pyrrole nitrogens is 1. The van der Waals surface area contributed by atoms with Gasteiger partial charge in [0.2, 0.25) is 0 Å². The summed E-state index contributed by atoms with van der Waals surface area (Å²) >= 11 is 7.08. The summed E-state index contributed by atoms with van der Waals surface area (Å²) in [4.78, 5) is 34.6. The molecule has 26 heavy (non-hydrogen) atoms. The lowest BCUT2D eigenvalue weighted by molar-refractivity contribution is 0.0605. The summed E-state index contributed by atoms with van der Waals surface area (Å²) in [6.07, 6.45) is 0. The van der Waals surface area contributed by atoms with Crippen molar-refractivity contribution in [2.45, 2.75) is 20.0 Å². The van der Waals surface area contributed by atoms with Gasteiger partial charge in [-0.05, 0) is 37.2 Å². The van der Waals surface area contributed by atoms with E-state index < -0.39 is 5.97 Å². The van der Waals surface area contributed by atoms with Gasteiger partial charge in [0.05, 0.1) is 19.0 Å². The molecule has 0 amide bonds. The maximum atomic E-state index is 12.4. The third kappa shape index (κ3) is 3.80. The van der Waals surface area contributed by atoms with Crippen molar-refractivity contribution in [2.75, 3.05) is 14.2 Å². The van der Waals surface area contributed by atoms with Gasteiger partial charge in [0.25, 0.3) is 5.56 Å². The fourth-order valence-electron chi connectivity index (χ4n) is 2.76. The second-order valence-corrected chi connectivity index (χ2v) is 7.47. The van der Waals surface area contributed by atoms with E-state index >= 15 is 0 Å². The molecule has 0 saturated heterocycles. The Hall–Kier alpha value is -2.22. The molecule has 1 N–H and O–H groups in total. The molecular weight excluding hydrogens is 374 g/mol. The Bertz CT molecular complexity index is 1010. The van der Waals surface area contributed by atoms with E-state index in [0.717, 1.165) is 5.56 Å². The molecule has 0 saturated carbocycles. The first-order chi connectivity index (χ1) is 12.4. The molecule has 3 rings (SSSR count). The number of methoxy groups -OCH3 is 1. The second-order valence-electron chi connectivity index (χ2n) is 6.04. The number of halogens is 1. The summed E-state index contributed by atoms with van der Waals surface area (Å²) in [5, 5.41) is 1.14. The zero-order valence-corrected chi connectivity index (χ0v) is 16.2. The Morgan fingerprint density at radius 3 is 2.65 bits per heavy atom. The first-order valence-corrected chi connectivity index (χ1v) is 9.12. The molecular formula is C18H18ClN3O3S. The molecule has 0 aliphatic carbocycles. The molecule has 0 aliphatic heterocycles. The zero-order chi connectivity index (χ0) is 18.8. The van der Waals surface area contributed by atoms with Crippen LogP contribution in [0.2, 0.25) is 5.02 Å². The molecule has 0 fully saturated rings. The first-order valence-electron chi connectivity index (χ1n) is 7.92. The van der Waals surface area contributed by atoms with Gasteiger partial charge in [-0.2, -0.15) is 0 Å². The maximum absolute atomic E-state index is 12.4. The predicted molar refractivity (Wildman–Crippen MR) is 103 cm³/mol. The Balaban J connectivity index is 1.85. The molecule has 2 aromatic heterocycles. The SMILES string of the molecule is COC(=O)c1sc2nc(CN(C)Cc3ccc(Cl)cc3)[nH]c(=O)c2c1C. The lowest BCUT2D eigenvalue weighted by Crippen LogP contribution is -2.21. The molecule has 136 valence electrons. The summed E-state index contributed by atoms with van der Waals surface area (Å²) < 4.78 is 4.77. The highest BCUT2D eigenvalue weighted by atomic mass is 35.5. The number of ether oxygens (including phenoxy) is 1. The Morgan fingerprint density at radius 2 is 2.00 bits per heavy atom. The van der Waals surface area contributed by atoms with Crippen LogP contribution in [0.4, 0.5) is 0 Å². The van der Waals surface area contributed by atoms with Crippen LogP contribution in [0.3, 0.4) is 0 Å². The average molecular weight is 392 g/mol. The number of hydrogen-bond acceptors (Lipinski definition) is 6. The van der Waals surface area contributed by atoms with Crippen molar-refractivity contribution in [2.24, 2.45) is 0 Å². The van der Waals surface area contributed by atoms with Crippen molar-refractivity contribution in [1.29, 1.82) is 0 Å². The summed E-state index contributed by atoms with van der Waals surface area (Å²) in [5.74, 6) is 0.0999. The van der Waals surface area contributed by atoms with E-state index in [9.17, 15) is 9.59 Å². The van der Waals surface area contributed by atoms with Crippen LogP contribution in [0.15, 0.2) is 29.1 Å². The van der Waals surface area contributed by atoms with Crippen LogP contribution in [0.25, 0.3) is 10.2 Å². The van der Waals surface area contributed by atoms with Crippen molar-refractivity contribution in [3.05, 3.63) is 61.5 Å². The first kappa shape index (κ1) is 18.6. The number of thiophene rings is 1. The zero-order valence-electron chi connectivity index (χ0n) is 14.6. The average Bonchev–Trinajstić information content (AvgIpc) is 2.93. The van der Waals surface area contributed by atoms with Gasteiger partial charge in [0, 0.05) is 11.6 Å². The minimum absolute atomic E-state index is 0.242. The predicted octanol–water partition coefficient (Wildman–Crippen LogP) is 3.37. The van der Waals surface area contributed by atoms with E-state index in [4.69, 9.17) is 16.3 Å². The van der Waals surface area contributed by atoms with Gasteiger partial charge in [0.1, 0.15) is 15.5 Å². The van der Waals surface area contributed by atoms with Gasteiger partial charge in [-0.25, -0.2) is 9.78 Å². The van der Waals surface area contributed by atoms with Crippen molar-refractivity contribution in [3.8, 4) is 0 Å². The number of carbonyl (C=O) groups is 1. The fourth-order valence-corrected chi connectivity index (χ4v) is 4.01. The molecule has 2 heterocycles. The van der Waals surface area contributed by atoms with Crippen LogP contribution in [0.1, 0.15) is 26.6 Å². The molecule has 1 aromatic carbocycles. The summed E-state index contributed by atoms with van der Waals surface area (Å²) in [5.41, 5.74) is 1.47. The monoisotopic (exact) mass is 391 g/mol. The topological polar surface area (TPSA) is 75.3 Å². The van der Waals surface area contributed by atoms with Crippen molar-refractivity contribution < 1.29 is 9.53 Å². The van der Waals surface area contributed by atoms with Gasteiger partial charge in [-0.1, -0.05) is 23.7 Å². The Kier molecular flexibility index (Phi) is 5.41. The van der Waals surface area contributed by atoms with Crippen LogP contribution in [-0.4, -0.2) is 35.0 Å². The van der Waals surface area contributed by atoms with E-state index in [1.54, 1.807) is 6.92 Å². The number of aromatic nitrogens is 2. The van der Waals surface area contributed by atoms with Crippen LogP contribution in [-0.2, 0) is 17.8 Å². The van der Waals surface area contributed by atoms with Crippen molar-refractivity contribution >= 4 is 39.1 Å². The minimum Gasteiger partial charge on any atom is -0.465 e. The number of benzene rings is 1. The lowest BCUT2D eigenvalue weighted by atomic mass is 10.2. The third-order valence-electron chi connectivity index (χ3n) is 4.01. The van der Waals surface area contributed by atoms with Gasteiger partial charge in [0.15, 0.2) is 0 Å². The van der Waals surface area contributed by atoms with Gasteiger partial charge in [-0.15, -0.1) is 11.3 Å². The molecule has 8 heteroatoms. The number of aromatic amines is 1. The highest BCUT2D eigenvalue weighted by molar-refractivity contribution is 7.20. The largest absolute Gasteiger partial charge is 0.465 e. The van der Waals surface area contributed by atoms with Crippen LogP contribution in [0, 0.1) is 6.92 Å². The molecule has 0 bridgehead atoms. The minimum atomic E-state index is -0.452. The molecule has 0 unspecified atom stereocenters. The molecule has 0 atom stereocenters. The van der Waals surface area contributed by atoms with Crippen LogP contribution < -0.4 is 5.56 Å². The number of fused-ring (bicyclic) bond motifs is 1. The van der Waals surface area contributed by atoms with Crippen molar-refractivity contribution in [1.82, 2.24) is 14.9 Å². The molecule has 0 aliphatic rings. The van der Waals surface area contributed by atoms with Crippen LogP contribution in [0.5, 0.6) is 0 Å². The summed E-state index contributed by atoms with van der Waals surface area (Å²) in [6, 6.07) is 7.62. The number of aryl methyl sites for hydroxylation is 1. The molecule has 0 radical (unpaired) electrons. The van der Waals surface area contributed by atoms with Crippen molar-refractivity contribution in [3.63, 3.8) is 0 Å². The third-order valence-corrected chi connectivity index (χ3v) is 5.42. The highest BCUT2D eigenvalue weighted by Gasteiger charge is 2.20. The number of nitrogens with one attached hydrogen (secondary N) is 1. The van der Waals surface area contributed by atoms with E-state index in [1.807, 2.05) is 36.2 Å².